The third-order valence-corrected chi connectivity index (χ3v) is 6.15. The van der Waals surface area contributed by atoms with Gasteiger partial charge < -0.3 is 16.4 Å². The summed E-state index contributed by atoms with van der Waals surface area (Å²) in [4.78, 5) is 18.8. The summed E-state index contributed by atoms with van der Waals surface area (Å²) in [5.41, 5.74) is 8.96. The second kappa shape index (κ2) is 13.3. The minimum Gasteiger partial charge on any atom is -0.400 e. The molecular formula is C24H30Cl2N4OS. The van der Waals surface area contributed by atoms with Crippen molar-refractivity contribution in [2.24, 2.45) is 10.7 Å². The molecule has 32 heavy (non-hydrogen) atoms. The summed E-state index contributed by atoms with van der Waals surface area (Å²) in [7, 11) is 0. The first-order valence-corrected chi connectivity index (χ1v) is 12.2. The predicted octanol–water partition coefficient (Wildman–Crippen LogP) is 6.93. The van der Waals surface area contributed by atoms with Crippen molar-refractivity contribution >= 4 is 58.0 Å². The van der Waals surface area contributed by atoms with Gasteiger partial charge in [-0.1, -0.05) is 49.5 Å². The van der Waals surface area contributed by atoms with Gasteiger partial charge in [-0.15, -0.1) is 11.3 Å². The van der Waals surface area contributed by atoms with Crippen LogP contribution in [-0.2, 0) is 0 Å². The average molecular weight is 494 g/mol. The molecule has 5 nitrogen and oxygen atoms in total. The molecule has 2 amide bonds. The Labute approximate surface area is 204 Å². The summed E-state index contributed by atoms with van der Waals surface area (Å²) in [6, 6.07) is 9.03. The van der Waals surface area contributed by atoms with Crippen LogP contribution in [0.3, 0.4) is 0 Å². The molecule has 0 aliphatic carbocycles. The van der Waals surface area contributed by atoms with E-state index >= 15 is 0 Å². The van der Waals surface area contributed by atoms with E-state index in [-0.39, 0.29) is 12.6 Å². The molecule has 0 fully saturated rings. The number of aliphatic imine (C=N–C) groups is 1. The van der Waals surface area contributed by atoms with Gasteiger partial charge in [0.25, 0.3) is 0 Å². The van der Waals surface area contributed by atoms with Crippen LogP contribution in [0.1, 0.15) is 49.8 Å². The molecule has 0 radical (unpaired) electrons. The largest absolute Gasteiger partial charge is 0.400 e. The summed E-state index contributed by atoms with van der Waals surface area (Å²) in [6.07, 6.45) is 7.29. The van der Waals surface area contributed by atoms with Crippen LogP contribution in [0, 0.1) is 0 Å². The fourth-order valence-electron chi connectivity index (χ4n) is 2.71. The van der Waals surface area contributed by atoms with E-state index in [1.807, 2.05) is 19.9 Å². The van der Waals surface area contributed by atoms with Crippen LogP contribution in [0.2, 0.25) is 10.0 Å². The van der Waals surface area contributed by atoms with Crippen molar-refractivity contribution in [1.82, 2.24) is 10.6 Å². The molecule has 2 rings (SSSR count). The fraction of sp³-hybridized carbons (Fsp3) is 0.333. The number of hydrogen-bond donors (Lipinski definition) is 3. The lowest BCUT2D eigenvalue weighted by Crippen LogP contribution is -2.38. The zero-order valence-electron chi connectivity index (χ0n) is 18.7. The average Bonchev–Trinajstić information content (AvgIpc) is 3.23. The number of benzene rings is 1. The number of unbranched alkanes of at least 4 members (excludes halogenated alkanes) is 1. The fourth-order valence-corrected chi connectivity index (χ4v) is 4.15. The van der Waals surface area contributed by atoms with Crippen molar-refractivity contribution in [2.45, 2.75) is 40.0 Å². The first-order chi connectivity index (χ1) is 15.3. The quantitative estimate of drug-likeness (QED) is 0.314. The lowest BCUT2D eigenvalue weighted by atomic mass is 10.1. The van der Waals surface area contributed by atoms with Crippen LogP contribution in [0.5, 0.6) is 0 Å². The van der Waals surface area contributed by atoms with Gasteiger partial charge in [0.1, 0.15) is 0 Å². The molecule has 8 heteroatoms. The van der Waals surface area contributed by atoms with Crippen LogP contribution in [0.4, 0.5) is 10.5 Å². The Morgan fingerprint density at radius 3 is 2.62 bits per heavy atom. The number of hydrogen-bond acceptors (Lipinski definition) is 4. The number of nitrogens with one attached hydrogen (secondary N) is 2. The number of thiophene rings is 1. The number of halogens is 2. The highest BCUT2D eigenvalue weighted by Crippen LogP contribution is 2.31. The molecule has 0 spiro atoms. The Morgan fingerprint density at radius 2 is 1.94 bits per heavy atom. The SMILES string of the molecule is CCC/C=C/c1ccc(C(=Nc2ccc(Cl)cc2Cl)C(C)=C(N)CNC(=O)NCCC)s1. The summed E-state index contributed by atoms with van der Waals surface area (Å²) >= 11 is 14.0. The molecule has 0 saturated carbocycles. The second-order valence-electron chi connectivity index (χ2n) is 7.21. The first kappa shape index (κ1) is 26.0. The minimum atomic E-state index is -0.249. The Bertz CT molecular complexity index is 1010. The lowest BCUT2D eigenvalue weighted by molar-refractivity contribution is 0.241. The molecule has 4 N–H and O–H groups in total. The zero-order chi connectivity index (χ0) is 23.5. The molecule has 0 aliphatic rings. The van der Waals surface area contributed by atoms with Crippen molar-refractivity contribution in [3.8, 4) is 0 Å². The van der Waals surface area contributed by atoms with E-state index in [0.717, 1.165) is 34.6 Å². The highest BCUT2D eigenvalue weighted by molar-refractivity contribution is 7.15. The molecule has 1 aromatic heterocycles. The normalized spacial score (nSPS) is 12.7. The Kier molecular flexibility index (Phi) is 10.8. The van der Waals surface area contributed by atoms with E-state index < -0.39 is 0 Å². The number of allylic oxidation sites excluding steroid dienone is 2. The summed E-state index contributed by atoms with van der Waals surface area (Å²) in [5.74, 6) is 0. The zero-order valence-corrected chi connectivity index (χ0v) is 21.0. The molecule has 0 unspecified atom stereocenters. The summed E-state index contributed by atoms with van der Waals surface area (Å²) in [5, 5.41) is 6.56. The van der Waals surface area contributed by atoms with Gasteiger partial charge in [0.2, 0.25) is 0 Å². The van der Waals surface area contributed by atoms with E-state index in [1.54, 1.807) is 29.5 Å². The van der Waals surface area contributed by atoms with Crippen LogP contribution in [0.25, 0.3) is 6.08 Å². The number of nitrogens with zero attached hydrogens (tertiary/aromatic N) is 1. The van der Waals surface area contributed by atoms with Crippen molar-refractivity contribution in [2.75, 3.05) is 13.1 Å². The number of carbonyl (C=O) groups is 1. The Balaban J connectivity index is 2.39. The predicted molar refractivity (Wildman–Crippen MR) is 139 cm³/mol. The van der Waals surface area contributed by atoms with Gasteiger partial charge in [-0.3, -0.25) is 0 Å². The maximum absolute atomic E-state index is 11.9. The third-order valence-electron chi connectivity index (χ3n) is 4.55. The van der Waals surface area contributed by atoms with Crippen LogP contribution in [0.15, 0.2) is 52.7 Å². The summed E-state index contributed by atoms with van der Waals surface area (Å²) < 4.78 is 0. The molecule has 2 aromatic rings. The molecular weight excluding hydrogens is 463 g/mol. The van der Waals surface area contributed by atoms with Crippen molar-refractivity contribution in [1.29, 1.82) is 0 Å². The number of carbonyl (C=O) groups excluding carboxylic acids is 1. The van der Waals surface area contributed by atoms with Gasteiger partial charge in [0, 0.05) is 22.1 Å². The maximum Gasteiger partial charge on any atom is 0.315 e. The molecule has 0 aliphatic heterocycles. The minimum absolute atomic E-state index is 0.212. The standard InChI is InChI=1S/C24H30Cl2N4OS/c1-4-6-7-8-18-10-12-22(32-18)23(30-21-11-9-17(25)14-19(21)26)16(3)20(27)15-29-24(31)28-13-5-2/h7-12,14H,4-6,13,15,27H2,1-3H3,(H2,28,29,31)/b8-7+,20-16?,30-23?. The highest BCUT2D eigenvalue weighted by atomic mass is 35.5. The van der Waals surface area contributed by atoms with Gasteiger partial charge >= 0.3 is 6.03 Å². The Hall–Kier alpha value is -2.28. The van der Waals surface area contributed by atoms with Crippen LogP contribution >= 0.6 is 34.5 Å². The van der Waals surface area contributed by atoms with E-state index in [9.17, 15) is 4.79 Å². The maximum atomic E-state index is 11.9. The van der Waals surface area contributed by atoms with Crippen molar-refractivity contribution in [3.63, 3.8) is 0 Å². The molecule has 1 heterocycles. The second-order valence-corrected chi connectivity index (χ2v) is 9.17. The smallest absolute Gasteiger partial charge is 0.315 e. The van der Waals surface area contributed by atoms with Gasteiger partial charge in [-0.05, 0) is 61.7 Å². The van der Waals surface area contributed by atoms with Gasteiger partial charge in [-0.2, -0.15) is 0 Å². The van der Waals surface area contributed by atoms with Gasteiger partial charge in [0.05, 0.1) is 27.8 Å². The van der Waals surface area contributed by atoms with Crippen molar-refractivity contribution < 1.29 is 4.79 Å². The van der Waals surface area contributed by atoms with Gasteiger partial charge in [-0.25, -0.2) is 9.79 Å². The number of rotatable bonds is 10. The van der Waals surface area contributed by atoms with Crippen LogP contribution in [-0.4, -0.2) is 24.8 Å². The van der Waals surface area contributed by atoms with Crippen molar-refractivity contribution in [3.05, 3.63) is 67.5 Å². The van der Waals surface area contributed by atoms with Gasteiger partial charge in [0.15, 0.2) is 0 Å². The monoisotopic (exact) mass is 492 g/mol. The molecule has 0 saturated heterocycles. The number of nitrogens with two attached hydrogens (primary N) is 1. The summed E-state index contributed by atoms with van der Waals surface area (Å²) in [6.45, 7) is 6.87. The molecule has 172 valence electrons. The van der Waals surface area contributed by atoms with E-state index in [2.05, 4.69) is 35.8 Å². The molecule has 0 bridgehead atoms. The van der Waals surface area contributed by atoms with E-state index in [4.69, 9.17) is 33.9 Å². The first-order valence-electron chi connectivity index (χ1n) is 10.6. The molecule has 1 aromatic carbocycles. The lowest BCUT2D eigenvalue weighted by Gasteiger charge is -2.12. The van der Waals surface area contributed by atoms with Crippen LogP contribution < -0.4 is 16.4 Å². The number of amides is 2. The number of urea groups is 1. The highest BCUT2D eigenvalue weighted by Gasteiger charge is 2.14. The third kappa shape index (κ3) is 8.01. The molecule has 0 atom stereocenters. The topological polar surface area (TPSA) is 79.5 Å². The Morgan fingerprint density at radius 1 is 1.16 bits per heavy atom. The van der Waals surface area contributed by atoms with E-state index in [0.29, 0.717) is 33.7 Å². The van der Waals surface area contributed by atoms with E-state index in [1.165, 1.54) is 0 Å².